The molecule has 7 heteroatoms. The van der Waals surface area contributed by atoms with E-state index >= 15 is 0 Å². The largest absolute Gasteiger partial charge is 0.506 e. The average molecular weight is 440 g/mol. The van der Waals surface area contributed by atoms with Crippen molar-refractivity contribution in [3.63, 3.8) is 0 Å². The van der Waals surface area contributed by atoms with E-state index in [-0.39, 0.29) is 41.2 Å². The highest BCUT2D eigenvalue weighted by atomic mass is 79.9. The molecule has 0 aromatic heterocycles. The number of hydrogen-bond donors (Lipinski definition) is 1. The third-order valence-electron chi connectivity index (χ3n) is 4.82. The average Bonchev–Trinajstić information content (AvgIpc) is 3.17. The van der Waals surface area contributed by atoms with Crippen molar-refractivity contribution in [2.75, 3.05) is 0 Å². The Hall–Kier alpha value is -1.47. The molecule has 1 aromatic rings. The molecule has 1 heterocycles. The second-order valence-electron chi connectivity index (χ2n) is 6.06. The number of aromatic hydroxyl groups is 1. The van der Waals surface area contributed by atoms with E-state index in [2.05, 4.69) is 37.0 Å². The number of carbonyl (C=O) groups excluding carboxylic acids is 2. The second-order valence-corrected chi connectivity index (χ2v) is 7.83. The predicted octanol–water partition coefficient (Wildman–Crippen LogP) is 3.06. The molecule has 1 N–H and O–H groups in total. The Morgan fingerprint density at radius 2 is 1.74 bits per heavy atom. The maximum atomic E-state index is 12.5. The van der Waals surface area contributed by atoms with Gasteiger partial charge in [0.1, 0.15) is 5.75 Å². The molecule has 0 spiro atoms. The van der Waals surface area contributed by atoms with Crippen molar-refractivity contribution < 1.29 is 14.7 Å². The van der Waals surface area contributed by atoms with Gasteiger partial charge in [-0.2, -0.15) is 10.1 Å². The quantitative estimate of drug-likeness (QED) is 0.437. The lowest BCUT2D eigenvalue weighted by Gasteiger charge is -2.13. The lowest BCUT2D eigenvalue weighted by Crippen LogP contribution is -2.28. The fraction of sp³-hybridized carbons (Fsp3) is 0.312. The van der Waals surface area contributed by atoms with Gasteiger partial charge in [-0.3, -0.25) is 9.59 Å². The molecule has 1 aromatic carbocycles. The summed E-state index contributed by atoms with van der Waals surface area (Å²) in [6.45, 7) is 0. The highest BCUT2D eigenvalue weighted by Gasteiger charge is 2.59. The second kappa shape index (κ2) is 5.27. The van der Waals surface area contributed by atoms with Crippen LogP contribution in [0.4, 0.5) is 0 Å². The minimum atomic E-state index is -0.266. The van der Waals surface area contributed by atoms with E-state index in [1.807, 2.05) is 12.2 Å². The summed E-state index contributed by atoms with van der Waals surface area (Å²) in [4.78, 5) is 25.0. The first-order valence-corrected chi connectivity index (χ1v) is 8.84. The number of phenols is 1. The zero-order valence-electron chi connectivity index (χ0n) is 11.8. The smallest absolute Gasteiger partial charge is 0.254 e. The molecule has 23 heavy (non-hydrogen) atoms. The zero-order valence-corrected chi connectivity index (χ0v) is 15.0. The summed E-state index contributed by atoms with van der Waals surface area (Å²) >= 11 is 6.57. The molecule has 1 saturated carbocycles. The minimum absolute atomic E-state index is 0.0120. The summed E-state index contributed by atoms with van der Waals surface area (Å²) in [6, 6.07) is 3.37. The molecule has 2 fully saturated rings. The van der Waals surface area contributed by atoms with Crippen molar-refractivity contribution in [3.8, 4) is 5.75 Å². The van der Waals surface area contributed by atoms with Gasteiger partial charge in [0, 0.05) is 10.0 Å². The number of hydrazone groups is 1. The SMILES string of the molecule is O=C1[C@@H]2[C@H](C(=O)N1/N=C\c1cc(Br)cc(Br)c1O)[C@H]1C=C[C@H]2C1. The number of carbonyl (C=O) groups is 2. The van der Waals surface area contributed by atoms with Gasteiger partial charge in [-0.25, -0.2) is 0 Å². The van der Waals surface area contributed by atoms with Crippen molar-refractivity contribution in [1.82, 2.24) is 5.01 Å². The van der Waals surface area contributed by atoms with Crippen LogP contribution in [0, 0.1) is 23.7 Å². The Morgan fingerprint density at radius 1 is 1.13 bits per heavy atom. The summed E-state index contributed by atoms with van der Waals surface area (Å²) in [5.74, 6) is -0.665. The van der Waals surface area contributed by atoms with E-state index in [9.17, 15) is 14.7 Å². The Morgan fingerprint density at radius 3 is 2.35 bits per heavy atom. The Bertz CT molecular complexity index is 760. The molecule has 118 valence electrons. The first-order chi connectivity index (χ1) is 11.0. The Kier molecular flexibility index (Phi) is 3.46. The van der Waals surface area contributed by atoms with Crippen molar-refractivity contribution in [3.05, 3.63) is 38.8 Å². The van der Waals surface area contributed by atoms with Crippen LogP contribution in [-0.4, -0.2) is 28.1 Å². The van der Waals surface area contributed by atoms with E-state index in [1.165, 1.54) is 6.21 Å². The number of phenolic OH excluding ortho intramolecular Hbond substituents is 1. The Labute approximate surface area is 149 Å². The van der Waals surface area contributed by atoms with E-state index in [1.54, 1.807) is 12.1 Å². The molecule has 2 aliphatic carbocycles. The van der Waals surface area contributed by atoms with Crippen LogP contribution in [0.25, 0.3) is 0 Å². The van der Waals surface area contributed by atoms with E-state index < -0.39 is 0 Å². The number of amides is 2. The van der Waals surface area contributed by atoms with E-state index in [4.69, 9.17) is 0 Å². The third kappa shape index (κ3) is 2.21. The van der Waals surface area contributed by atoms with Crippen LogP contribution < -0.4 is 0 Å². The fourth-order valence-corrected chi connectivity index (χ4v) is 5.06. The van der Waals surface area contributed by atoms with Gasteiger partial charge in [-0.1, -0.05) is 28.1 Å². The molecule has 5 nitrogen and oxygen atoms in total. The number of rotatable bonds is 2. The van der Waals surface area contributed by atoms with Gasteiger partial charge in [-0.05, 0) is 46.3 Å². The Balaban J connectivity index is 1.63. The lowest BCUT2D eigenvalue weighted by molar-refractivity contribution is -0.140. The number of fused-ring (bicyclic) bond motifs is 5. The first kappa shape index (κ1) is 15.1. The van der Waals surface area contributed by atoms with E-state index in [0.29, 0.717) is 10.0 Å². The molecule has 2 amide bonds. The summed E-state index contributed by atoms with van der Waals surface area (Å²) < 4.78 is 1.26. The number of hydrogen-bond acceptors (Lipinski definition) is 4. The first-order valence-electron chi connectivity index (χ1n) is 7.25. The van der Waals surface area contributed by atoms with Crippen molar-refractivity contribution in [2.45, 2.75) is 6.42 Å². The standard InChI is InChI=1S/C16H12Br2N2O3/c17-10-4-9(14(21)11(18)5-10)6-19-20-15(22)12-7-1-2-8(3-7)13(12)16(20)23/h1-2,4-8,12-13,21H,3H2/b19-6-/t7-,8-,12-,13+/m0/s1. The number of allylic oxidation sites excluding steroid dienone is 2. The maximum absolute atomic E-state index is 12.5. The lowest BCUT2D eigenvalue weighted by atomic mass is 9.85. The van der Waals surface area contributed by atoms with Crippen LogP contribution in [-0.2, 0) is 9.59 Å². The van der Waals surface area contributed by atoms with Crippen molar-refractivity contribution in [2.24, 2.45) is 28.8 Å². The zero-order chi connectivity index (χ0) is 16.3. The van der Waals surface area contributed by atoms with Crippen LogP contribution >= 0.6 is 31.9 Å². The topological polar surface area (TPSA) is 70.0 Å². The van der Waals surface area contributed by atoms with Gasteiger partial charge >= 0.3 is 0 Å². The number of halogens is 2. The molecule has 1 aliphatic heterocycles. The van der Waals surface area contributed by atoms with Crippen molar-refractivity contribution in [1.29, 1.82) is 0 Å². The molecular weight excluding hydrogens is 428 g/mol. The van der Waals surface area contributed by atoms with Gasteiger partial charge in [-0.15, -0.1) is 0 Å². The van der Waals surface area contributed by atoms with Gasteiger partial charge in [0.25, 0.3) is 11.8 Å². The van der Waals surface area contributed by atoms with Crippen LogP contribution in [0.15, 0.2) is 38.3 Å². The van der Waals surface area contributed by atoms with Gasteiger partial charge in [0.2, 0.25) is 0 Å². The normalized spacial score (nSPS) is 31.7. The third-order valence-corrected chi connectivity index (χ3v) is 5.88. The molecule has 2 bridgehead atoms. The van der Waals surface area contributed by atoms with Crippen LogP contribution in [0.2, 0.25) is 0 Å². The van der Waals surface area contributed by atoms with Gasteiger partial charge in [0.05, 0.1) is 22.5 Å². The van der Waals surface area contributed by atoms with Crippen molar-refractivity contribution >= 4 is 49.9 Å². The summed E-state index contributed by atoms with van der Waals surface area (Å²) in [5, 5.41) is 15.1. The number of benzene rings is 1. The summed E-state index contributed by atoms with van der Waals surface area (Å²) in [7, 11) is 0. The summed E-state index contributed by atoms with van der Waals surface area (Å²) in [5.41, 5.74) is 0.421. The number of nitrogens with zero attached hydrogens (tertiary/aromatic N) is 2. The fourth-order valence-electron chi connectivity index (χ4n) is 3.80. The highest BCUT2D eigenvalue weighted by Crippen LogP contribution is 2.52. The van der Waals surface area contributed by atoms with Crippen LogP contribution in [0.5, 0.6) is 5.75 Å². The van der Waals surface area contributed by atoms with Gasteiger partial charge in [0.15, 0.2) is 0 Å². The molecular formula is C16H12Br2N2O3. The summed E-state index contributed by atoms with van der Waals surface area (Å²) in [6.07, 6.45) is 6.32. The highest BCUT2D eigenvalue weighted by molar-refractivity contribution is 9.11. The minimum Gasteiger partial charge on any atom is -0.506 e. The molecule has 3 aliphatic rings. The maximum Gasteiger partial charge on any atom is 0.254 e. The molecule has 0 unspecified atom stereocenters. The monoisotopic (exact) mass is 438 g/mol. The molecule has 4 atom stereocenters. The predicted molar refractivity (Wildman–Crippen MR) is 90.7 cm³/mol. The molecule has 0 radical (unpaired) electrons. The molecule has 4 rings (SSSR count). The van der Waals surface area contributed by atoms with E-state index in [0.717, 1.165) is 15.9 Å². The number of imide groups is 1. The van der Waals surface area contributed by atoms with Crippen LogP contribution in [0.3, 0.4) is 0 Å². The van der Waals surface area contributed by atoms with Gasteiger partial charge < -0.3 is 5.11 Å². The van der Waals surface area contributed by atoms with Crippen LogP contribution in [0.1, 0.15) is 12.0 Å². The molecule has 1 saturated heterocycles.